The standard InChI is InChI=1S/C14H21N3O2/c1-19-13-11(16-8-9-17-13)12(18)14(10-15)6-4-2-3-5-7-14/h8-9H,2-7,10,15H2,1H3. The molecule has 1 aliphatic carbocycles. The first-order valence-electron chi connectivity index (χ1n) is 6.83. The van der Waals surface area contributed by atoms with Crippen molar-refractivity contribution in [3.05, 3.63) is 18.1 Å². The number of carbonyl (C=O) groups is 1. The van der Waals surface area contributed by atoms with Crippen LogP contribution in [-0.4, -0.2) is 29.4 Å². The summed E-state index contributed by atoms with van der Waals surface area (Å²) in [6.45, 7) is 0.367. The monoisotopic (exact) mass is 263 g/mol. The zero-order valence-electron chi connectivity index (χ0n) is 11.4. The molecule has 0 unspecified atom stereocenters. The Kier molecular flexibility index (Phi) is 4.47. The third-order valence-corrected chi connectivity index (χ3v) is 4.01. The zero-order chi connectivity index (χ0) is 13.7. The van der Waals surface area contributed by atoms with E-state index in [9.17, 15) is 4.79 Å². The zero-order valence-corrected chi connectivity index (χ0v) is 11.4. The van der Waals surface area contributed by atoms with E-state index in [1.807, 2.05) is 0 Å². The number of methoxy groups -OCH3 is 1. The number of rotatable bonds is 4. The van der Waals surface area contributed by atoms with E-state index in [0.717, 1.165) is 25.7 Å². The lowest BCUT2D eigenvalue weighted by atomic mass is 9.75. The summed E-state index contributed by atoms with van der Waals surface area (Å²) in [4.78, 5) is 21.0. The molecule has 1 saturated carbocycles. The molecule has 1 aromatic heterocycles. The largest absolute Gasteiger partial charge is 0.479 e. The quantitative estimate of drug-likeness (QED) is 0.663. The molecule has 2 N–H and O–H groups in total. The molecular formula is C14H21N3O2. The van der Waals surface area contributed by atoms with E-state index < -0.39 is 5.41 Å². The smallest absolute Gasteiger partial charge is 0.243 e. The number of hydrogen-bond acceptors (Lipinski definition) is 5. The number of Topliss-reactive ketones (excluding diaryl/α,β-unsaturated/α-hetero) is 1. The van der Waals surface area contributed by atoms with Crippen molar-refractivity contribution in [2.45, 2.75) is 38.5 Å². The van der Waals surface area contributed by atoms with Crippen LogP contribution in [0.1, 0.15) is 49.0 Å². The van der Waals surface area contributed by atoms with Gasteiger partial charge in [-0.25, -0.2) is 9.97 Å². The van der Waals surface area contributed by atoms with E-state index in [2.05, 4.69) is 9.97 Å². The molecule has 1 fully saturated rings. The van der Waals surface area contributed by atoms with Gasteiger partial charge >= 0.3 is 0 Å². The molecule has 0 amide bonds. The van der Waals surface area contributed by atoms with Crippen molar-refractivity contribution in [3.63, 3.8) is 0 Å². The molecule has 0 saturated heterocycles. The maximum atomic E-state index is 12.8. The molecule has 0 aliphatic heterocycles. The van der Waals surface area contributed by atoms with E-state index in [1.54, 1.807) is 0 Å². The van der Waals surface area contributed by atoms with Crippen LogP contribution in [0.25, 0.3) is 0 Å². The number of ketones is 1. The van der Waals surface area contributed by atoms with E-state index in [1.165, 1.54) is 32.3 Å². The normalized spacial score (nSPS) is 18.6. The maximum absolute atomic E-state index is 12.8. The van der Waals surface area contributed by atoms with Crippen LogP contribution in [0.15, 0.2) is 12.4 Å². The number of nitrogens with two attached hydrogens (primary N) is 1. The molecule has 0 atom stereocenters. The Morgan fingerprint density at radius 1 is 1.26 bits per heavy atom. The summed E-state index contributed by atoms with van der Waals surface area (Å²) >= 11 is 0. The van der Waals surface area contributed by atoms with Crippen molar-refractivity contribution < 1.29 is 9.53 Å². The van der Waals surface area contributed by atoms with Gasteiger partial charge in [-0.3, -0.25) is 4.79 Å². The van der Waals surface area contributed by atoms with Gasteiger partial charge < -0.3 is 10.5 Å². The fraction of sp³-hybridized carbons (Fsp3) is 0.643. The Bertz CT molecular complexity index is 440. The molecule has 0 bridgehead atoms. The van der Waals surface area contributed by atoms with Gasteiger partial charge in [0.25, 0.3) is 0 Å². The number of ether oxygens (including phenoxy) is 1. The van der Waals surface area contributed by atoms with Gasteiger partial charge in [0.05, 0.1) is 7.11 Å². The number of carbonyl (C=O) groups excluding carboxylic acids is 1. The highest BCUT2D eigenvalue weighted by atomic mass is 16.5. The highest BCUT2D eigenvalue weighted by Gasteiger charge is 2.39. The third-order valence-electron chi connectivity index (χ3n) is 4.01. The van der Waals surface area contributed by atoms with Crippen molar-refractivity contribution in [2.24, 2.45) is 11.1 Å². The summed E-state index contributed by atoms with van der Waals surface area (Å²) in [6.07, 6.45) is 9.16. The molecule has 0 spiro atoms. The Balaban J connectivity index is 2.34. The molecule has 0 aromatic carbocycles. The van der Waals surface area contributed by atoms with Crippen molar-refractivity contribution in [1.82, 2.24) is 9.97 Å². The molecule has 19 heavy (non-hydrogen) atoms. The Hall–Kier alpha value is -1.49. The van der Waals surface area contributed by atoms with Gasteiger partial charge in [-0.1, -0.05) is 25.7 Å². The lowest BCUT2D eigenvalue weighted by Gasteiger charge is -2.29. The van der Waals surface area contributed by atoms with Crippen LogP contribution in [0.2, 0.25) is 0 Å². The fourth-order valence-corrected chi connectivity index (χ4v) is 2.81. The topological polar surface area (TPSA) is 78.1 Å². The molecule has 104 valence electrons. The molecule has 2 rings (SSSR count). The maximum Gasteiger partial charge on any atom is 0.243 e. The molecule has 0 radical (unpaired) electrons. The van der Waals surface area contributed by atoms with Crippen molar-refractivity contribution in [1.29, 1.82) is 0 Å². The molecule has 1 aliphatic rings. The van der Waals surface area contributed by atoms with Gasteiger partial charge in [-0.05, 0) is 12.8 Å². The van der Waals surface area contributed by atoms with Gasteiger partial charge in [0.2, 0.25) is 5.88 Å². The highest BCUT2D eigenvalue weighted by molar-refractivity contribution is 6.00. The lowest BCUT2D eigenvalue weighted by Crippen LogP contribution is -2.39. The SMILES string of the molecule is COc1nccnc1C(=O)C1(CN)CCCCCC1. The Morgan fingerprint density at radius 2 is 1.89 bits per heavy atom. The average Bonchev–Trinajstić information content (AvgIpc) is 2.72. The van der Waals surface area contributed by atoms with Crippen LogP contribution in [0.3, 0.4) is 0 Å². The highest BCUT2D eigenvalue weighted by Crippen LogP contribution is 2.38. The van der Waals surface area contributed by atoms with Crippen molar-refractivity contribution in [3.8, 4) is 5.88 Å². The summed E-state index contributed by atoms with van der Waals surface area (Å²) in [5, 5.41) is 0. The van der Waals surface area contributed by atoms with Crippen LogP contribution in [0.4, 0.5) is 0 Å². The van der Waals surface area contributed by atoms with E-state index >= 15 is 0 Å². The molecule has 1 aromatic rings. The molecule has 1 heterocycles. The average molecular weight is 263 g/mol. The molecular weight excluding hydrogens is 242 g/mol. The van der Waals surface area contributed by atoms with E-state index in [0.29, 0.717) is 18.1 Å². The number of hydrogen-bond donors (Lipinski definition) is 1. The van der Waals surface area contributed by atoms with Crippen LogP contribution in [0, 0.1) is 5.41 Å². The van der Waals surface area contributed by atoms with Crippen LogP contribution in [-0.2, 0) is 0 Å². The number of aromatic nitrogens is 2. The summed E-state index contributed by atoms with van der Waals surface area (Å²) < 4.78 is 5.14. The third kappa shape index (κ3) is 2.76. The minimum atomic E-state index is -0.486. The Morgan fingerprint density at radius 3 is 2.47 bits per heavy atom. The summed E-state index contributed by atoms with van der Waals surface area (Å²) in [5.74, 6) is 0.284. The predicted octanol–water partition coefficient (Wildman–Crippen LogP) is 1.97. The summed E-state index contributed by atoms with van der Waals surface area (Å²) in [6, 6.07) is 0. The first-order chi connectivity index (χ1) is 9.23. The van der Waals surface area contributed by atoms with E-state index in [-0.39, 0.29) is 5.78 Å². The fourth-order valence-electron chi connectivity index (χ4n) is 2.81. The van der Waals surface area contributed by atoms with Crippen LogP contribution >= 0.6 is 0 Å². The van der Waals surface area contributed by atoms with Gasteiger partial charge in [-0.15, -0.1) is 0 Å². The minimum Gasteiger partial charge on any atom is -0.479 e. The molecule has 5 heteroatoms. The van der Waals surface area contributed by atoms with Crippen LogP contribution < -0.4 is 10.5 Å². The van der Waals surface area contributed by atoms with Crippen molar-refractivity contribution >= 4 is 5.78 Å². The number of nitrogens with zero attached hydrogens (tertiary/aromatic N) is 2. The first-order valence-corrected chi connectivity index (χ1v) is 6.83. The first kappa shape index (κ1) is 13.9. The van der Waals surface area contributed by atoms with Gasteiger partial charge in [0, 0.05) is 24.4 Å². The predicted molar refractivity (Wildman–Crippen MR) is 72.1 cm³/mol. The van der Waals surface area contributed by atoms with Gasteiger partial charge in [0.1, 0.15) is 0 Å². The second kappa shape index (κ2) is 6.10. The van der Waals surface area contributed by atoms with Crippen molar-refractivity contribution in [2.75, 3.05) is 13.7 Å². The van der Waals surface area contributed by atoms with Crippen LogP contribution in [0.5, 0.6) is 5.88 Å². The van der Waals surface area contributed by atoms with Gasteiger partial charge in [-0.2, -0.15) is 0 Å². The van der Waals surface area contributed by atoms with E-state index in [4.69, 9.17) is 10.5 Å². The molecule has 5 nitrogen and oxygen atoms in total. The van der Waals surface area contributed by atoms with Gasteiger partial charge in [0.15, 0.2) is 11.5 Å². The lowest BCUT2D eigenvalue weighted by molar-refractivity contribution is 0.0764. The summed E-state index contributed by atoms with van der Waals surface area (Å²) in [7, 11) is 1.50. The minimum absolute atomic E-state index is 0.0122. The summed E-state index contributed by atoms with van der Waals surface area (Å²) in [5.41, 5.74) is 5.76. The Labute approximate surface area is 113 Å². The second-order valence-electron chi connectivity index (χ2n) is 5.14. The second-order valence-corrected chi connectivity index (χ2v) is 5.14.